The summed E-state index contributed by atoms with van der Waals surface area (Å²) < 4.78 is 0. The van der Waals surface area contributed by atoms with Crippen molar-refractivity contribution in [2.75, 3.05) is 20.1 Å². The maximum Gasteiger partial charge on any atom is 0.0756 e. The smallest absolute Gasteiger partial charge is 0.0756 e. The molecule has 1 heterocycles. The number of rotatable bonds is 3. The highest BCUT2D eigenvalue weighted by Gasteiger charge is 2.28. The fourth-order valence-electron chi connectivity index (χ4n) is 1.58. The summed E-state index contributed by atoms with van der Waals surface area (Å²) >= 11 is 0. The Morgan fingerprint density at radius 2 is 2.25 bits per heavy atom. The third kappa shape index (κ3) is 2.17. The highest BCUT2D eigenvalue weighted by molar-refractivity contribution is 4.82. The Morgan fingerprint density at radius 3 is 2.67 bits per heavy atom. The minimum atomic E-state index is -0.435. The molecule has 0 radical (unpaired) electrons. The number of aliphatic hydroxyl groups excluding tert-OH is 1. The molecule has 3 atom stereocenters. The van der Waals surface area contributed by atoms with E-state index in [0.29, 0.717) is 0 Å². The topological polar surface area (TPSA) is 55.7 Å². The van der Waals surface area contributed by atoms with Crippen molar-refractivity contribution < 1.29 is 10.3 Å². The van der Waals surface area contributed by atoms with Gasteiger partial charge in [-0.25, -0.2) is 0 Å². The Kier molecular flexibility index (Phi) is 3.46. The van der Waals surface area contributed by atoms with Crippen LogP contribution in [0.1, 0.15) is 13.3 Å². The first-order valence-corrected chi connectivity index (χ1v) is 4.43. The molecule has 1 aliphatic heterocycles. The monoisotopic (exact) mass is 174 g/mol. The summed E-state index contributed by atoms with van der Waals surface area (Å²) in [5.41, 5.74) is 0. The van der Waals surface area contributed by atoms with E-state index in [2.05, 4.69) is 5.32 Å². The van der Waals surface area contributed by atoms with Gasteiger partial charge in [0.2, 0.25) is 0 Å². The molecule has 0 aromatic heterocycles. The molecule has 12 heavy (non-hydrogen) atoms. The summed E-state index contributed by atoms with van der Waals surface area (Å²) in [5.74, 6) is 0.287. The van der Waals surface area contributed by atoms with Gasteiger partial charge in [-0.1, -0.05) is 0 Å². The zero-order valence-electron chi connectivity index (χ0n) is 7.70. The van der Waals surface area contributed by atoms with E-state index < -0.39 is 6.10 Å². The van der Waals surface area contributed by atoms with Gasteiger partial charge in [-0.15, -0.1) is 0 Å². The molecule has 1 aliphatic rings. The van der Waals surface area contributed by atoms with Crippen molar-refractivity contribution in [3.8, 4) is 0 Å². The lowest BCUT2D eigenvalue weighted by Crippen LogP contribution is -2.41. The van der Waals surface area contributed by atoms with E-state index in [0.717, 1.165) is 24.6 Å². The Balaban J connectivity index is 2.39. The molecule has 0 aliphatic carbocycles. The first-order chi connectivity index (χ1) is 5.63. The van der Waals surface area contributed by atoms with Crippen LogP contribution in [0.15, 0.2) is 0 Å². The molecule has 0 saturated carbocycles. The van der Waals surface area contributed by atoms with Gasteiger partial charge >= 0.3 is 0 Å². The number of hydroxylamine groups is 2. The minimum Gasteiger partial charge on any atom is -0.391 e. The fraction of sp³-hybridized carbons (Fsp3) is 1.00. The number of aliphatic hydroxyl groups is 1. The van der Waals surface area contributed by atoms with Gasteiger partial charge in [0.25, 0.3) is 0 Å². The second-order valence-electron chi connectivity index (χ2n) is 3.56. The second kappa shape index (κ2) is 4.18. The lowest BCUT2D eigenvalue weighted by atomic mass is 9.96. The molecular formula is C8H18N2O2. The average molecular weight is 174 g/mol. The lowest BCUT2D eigenvalue weighted by molar-refractivity contribution is -0.136. The van der Waals surface area contributed by atoms with Crippen LogP contribution >= 0.6 is 0 Å². The molecule has 3 unspecified atom stereocenters. The van der Waals surface area contributed by atoms with Crippen LogP contribution in [0.5, 0.6) is 0 Å². The molecule has 1 rings (SSSR count). The normalized spacial score (nSPS) is 29.2. The van der Waals surface area contributed by atoms with Crippen LogP contribution < -0.4 is 5.32 Å². The second-order valence-corrected chi connectivity index (χ2v) is 3.56. The summed E-state index contributed by atoms with van der Waals surface area (Å²) in [4.78, 5) is 0. The van der Waals surface area contributed by atoms with Gasteiger partial charge in [0, 0.05) is 19.5 Å². The van der Waals surface area contributed by atoms with Crippen molar-refractivity contribution in [2.45, 2.75) is 25.5 Å². The molecule has 0 aromatic rings. The van der Waals surface area contributed by atoms with Crippen LogP contribution in [0.4, 0.5) is 0 Å². The van der Waals surface area contributed by atoms with Crippen molar-refractivity contribution in [1.29, 1.82) is 0 Å². The van der Waals surface area contributed by atoms with Crippen LogP contribution in [0.3, 0.4) is 0 Å². The van der Waals surface area contributed by atoms with Gasteiger partial charge in [-0.05, 0) is 19.9 Å². The summed E-state index contributed by atoms with van der Waals surface area (Å²) in [7, 11) is 1.57. The molecule has 0 amide bonds. The Bertz CT molecular complexity index is 133. The Hall–Kier alpha value is -0.160. The summed E-state index contributed by atoms with van der Waals surface area (Å²) in [5, 5.41) is 23.1. The highest BCUT2D eigenvalue weighted by atomic mass is 16.5. The van der Waals surface area contributed by atoms with Crippen molar-refractivity contribution in [3.05, 3.63) is 0 Å². The molecule has 0 spiro atoms. The zero-order valence-corrected chi connectivity index (χ0v) is 7.70. The van der Waals surface area contributed by atoms with Crippen LogP contribution in [0.25, 0.3) is 0 Å². The number of likely N-dealkylation sites (N-methyl/N-ethyl adjacent to an activating group) is 1. The fourth-order valence-corrected chi connectivity index (χ4v) is 1.58. The first kappa shape index (κ1) is 9.92. The van der Waals surface area contributed by atoms with Crippen LogP contribution in [0, 0.1) is 5.92 Å². The molecule has 4 heteroatoms. The molecule has 3 N–H and O–H groups in total. The highest BCUT2D eigenvalue weighted by Crippen LogP contribution is 2.17. The molecule has 1 saturated heterocycles. The average Bonchev–Trinajstić information content (AvgIpc) is 2.53. The third-order valence-electron chi connectivity index (χ3n) is 2.67. The van der Waals surface area contributed by atoms with Crippen molar-refractivity contribution in [2.24, 2.45) is 5.92 Å². The van der Waals surface area contributed by atoms with E-state index in [1.54, 1.807) is 7.05 Å². The molecule has 0 bridgehead atoms. The van der Waals surface area contributed by atoms with Gasteiger partial charge in [-0.2, -0.15) is 5.06 Å². The van der Waals surface area contributed by atoms with Crippen LogP contribution in [-0.4, -0.2) is 47.7 Å². The van der Waals surface area contributed by atoms with E-state index >= 15 is 0 Å². The number of hydrogen-bond acceptors (Lipinski definition) is 4. The van der Waals surface area contributed by atoms with E-state index in [-0.39, 0.29) is 12.0 Å². The Morgan fingerprint density at radius 1 is 1.58 bits per heavy atom. The predicted octanol–water partition coefficient (Wildman–Crippen LogP) is -0.334. The number of hydrogen-bond donors (Lipinski definition) is 3. The van der Waals surface area contributed by atoms with E-state index in [4.69, 9.17) is 5.21 Å². The summed E-state index contributed by atoms with van der Waals surface area (Å²) in [6, 6.07) is -0.185. The maximum atomic E-state index is 9.75. The SMILES string of the molecule is CC(C(O)C1CCNC1)N(C)O. The van der Waals surface area contributed by atoms with Crippen LogP contribution in [-0.2, 0) is 0 Å². The van der Waals surface area contributed by atoms with E-state index in [9.17, 15) is 5.11 Å². The van der Waals surface area contributed by atoms with Crippen molar-refractivity contribution in [3.63, 3.8) is 0 Å². The molecule has 1 fully saturated rings. The number of nitrogens with zero attached hydrogens (tertiary/aromatic N) is 1. The molecule has 0 aromatic carbocycles. The van der Waals surface area contributed by atoms with Gasteiger partial charge < -0.3 is 15.6 Å². The Labute approximate surface area is 73.1 Å². The lowest BCUT2D eigenvalue weighted by Gasteiger charge is -2.27. The van der Waals surface area contributed by atoms with Gasteiger partial charge in [0.15, 0.2) is 0 Å². The third-order valence-corrected chi connectivity index (χ3v) is 2.67. The summed E-state index contributed by atoms with van der Waals surface area (Å²) in [6.45, 7) is 3.66. The van der Waals surface area contributed by atoms with E-state index in [1.807, 2.05) is 6.92 Å². The minimum absolute atomic E-state index is 0.185. The first-order valence-electron chi connectivity index (χ1n) is 4.43. The van der Waals surface area contributed by atoms with E-state index in [1.165, 1.54) is 0 Å². The summed E-state index contributed by atoms with van der Waals surface area (Å²) in [6.07, 6.45) is 0.564. The van der Waals surface area contributed by atoms with Crippen molar-refractivity contribution in [1.82, 2.24) is 10.4 Å². The molecule has 72 valence electrons. The molecular weight excluding hydrogens is 156 g/mol. The number of nitrogens with one attached hydrogen (secondary N) is 1. The maximum absolute atomic E-state index is 9.75. The predicted molar refractivity (Wildman–Crippen MR) is 46.0 cm³/mol. The largest absolute Gasteiger partial charge is 0.391 e. The quantitative estimate of drug-likeness (QED) is 0.513. The zero-order chi connectivity index (χ0) is 9.14. The van der Waals surface area contributed by atoms with Gasteiger partial charge in [0.05, 0.1) is 12.1 Å². The van der Waals surface area contributed by atoms with Gasteiger partial charge in [-0.3, -0.25) is 0 Å². The van der Waals surface area contributed by atoms with Crippen molar-refractivity contribution >= 4 is 0 Å². The molecule has 4 nitrogen and oxygen atoms in total. The van der Waals surface area contributed by atoms with Crippen LogP contribution in [0.2, 0.25) is 0 Å². The standard InChI is InChI=1S/C8H18N2O2/c1-6(10(2)12)8(11)7-3-4-9-5-7/h6-9,11-12H,3-5H2,1-2H3. The van der Waals surface area contributed by atoms with Gasteiger partial charge in [0.1, 0.15) is 0 Å².